The first-order valence-corrected chi connectivity index (χ1v) is 2.62. The van der Waals surface area contributed by atoms with E-state index in [2.05, 4.69) is 20.8 Å². The van der Waals surface area contributed by atoms with E-state index < -0.39 is 0 Å². The van der Waals surface area contributed by atoms with Crippen molar-refractivity contribution >= 4 is 0 Å². The molecule has 0 aromatic carbocycles. The second-order valence-electron chi connectivity index (χ2n) is 1.66. The molecule has 7 heavy (non-hydrogen) atoms. The van der Waals surface area contributed by atoms with Crippen LogP contribution in [0.3, 0.4) is 0 Å². The summed E-state index contributed by atoms with van der Waals surface area (Å²) in [5, 5.41) is 0. The van der Waals surface area contributed by atoms with Crippen LogP contribution in [0.4, 0.5) is 0 Å². The van der Waals surface area contributed by atoms with Gasteiger partial charge in [-0.3, -0.25) is 0 Å². The van der Waals surface area contributed by atoms with Gasteiger partial charge < -0.3 is 5.92 Å². The summed E-state index contributed by atoms with van der Waals surface area (Å²) in [7, 11) is 0. The van der Waals surface area contributed by atoms with E-state index in [1.807, 2.05) is 0 Å². The van der Waals surface area contributed by atoms with Gasteiger partial charge >= 0.3 is 0 Å². The fourth-order valence-corrected chi connectivity index (χ4v) is 0.250. The molecule has 0 heterocycles. The monoisotopic (exact) mass is 149 g/mol. The third-order valence-corrected chi connectivity index (χ3v) is 1.21. The molecular weight excluding hydrogens is 137 g/mol. The number of hydrogen-bond donors (Lipinski definition) is 0. The van der Waals surface area contributed by atoms with Crippen LogP contribution in [0.15, 0.2) is 0 Å². The summed E-state index contributed by atoms with van der Waals surface area (Å²) in [6.07, 6.45) is 2.49. The maximum absolute atomic E-state index is 2.19. The van der Waals surface area contributed by atoms with Crippen molar-refractivity contribution in [3.63, 3.8) is 0 Å². The van der Waals surface area contributed by atoms with E-state index in [-0.39, 0.29) is 19.5 Å². The fourth-order valence-electron chi connectivity index (χ4n) is 0.250. The van der Waals surface area contributed by atoms with Crippen LogP contribution in [0.2, 0.25) is 0 Å². The normalized spacial score (nSPS) is 8.57. The van der Waals surface area contributed by atoms with Gasteiger partial charge in [-0.1, -0.05) is 13.8 Å². The molecule has 0 fully saturated rings. The van der Waals surface area contributed by atoms with Gasteiger partial charge in [0.25, 0.3) is 0 Å². The van der Waals surface area contributed by atoms with Gasteiger partial charge in [0, 0.05) is 19.5 Å². The SMILES string of the molecule is CC[C-](C)CC.[Zn]. The average Bonchev–Trinajstić information content (AvgIpc) is 1.65. The fraction of sp³-hybridized carbons (Fsp3) is 0.833. The topological polar surface area (TPSA) is 0 Å². The molecule has 40 valence electrons. The summed E-state index contributed by atoms with van der Waals surface area (Å²) in [6.45, 7) is 6.58. The molecule has 0 atom stereocenters. The molecule has 0 unspecified atom stereocenters. The van der Waals surface area contributed by atoms with E-state index >= 15 is 0 Å². The van der Waals surface area contributed by atoms with E-state index in [9.17, 15) is 0 Å². The minimum atomic E-state index is 0. The Morgan fingerprint density at radius 1 is 1.14 bits per heavy atom. The summed E-state index contributed by atoms with van der Waals surface area (Å²) in [4.78, 5) is 0. The summed E-state index contributed by atoms with van der Waals surface area (Å²) < 4.78 is 0. The maximum Gasteiger partial charge on any atom is 0 e. The zero-order valence-corrected chi connectivity index (χ0v) is 8.59. The Kier molecular flexibility index (Phi) is 10.0. The van der Waals surface area contributed by atoms with E-state index in [0.29, 0.717) is 0 Å². The van der Waals surface area contributed by atoms with Gasteiger partial charge in [0.2, 0.25) is 0 Å². The number of hydrogen-bond acceptors (Lipinski definition) is 0. The second kappa shape index (κ2) is 6.62. The Hall–Kier alpha value is 0.623. The molecule has 0 rings (SSSR count). The molecule has 0 N–H and O–H groups in total. The van der Waals surface area contributed by atoms with Crippen LogP contribution >= 0.6 is 0 Å². The van der Waals surface area contributed by atoms with Crippen LogP contribution in [0.5, 0.6) is 0 Å². The van der Waals surface area contributed by atoms with Gasteiger partial charge in [-0.25, -0.2) is 0 Å². The smallest absolute Gasteiger partial charge is 0 e. The molecule has 0 spiro atoms. The summed E-state index contributed by atoms with van der Waals surface area (Å²) >= 11 is 0. The van der Waals surface area contributed by atoms with E-state index in [1.54, 1.807) is 5.92 Å². The molecule has 0 aliphatic heterocycles. The first-order chi connectivity index (χ1) is 2.81. The molecule has 0 aromatic heterocycles. The molecule has 0 nitrogen and oxygen atoms in total. The molecular formula is C6H13Zn-. The molecule has 1 heteroatoms. The van der Waals surface area contributed by atoms with Crippen LogP contribution < -0.4 is 0 Å². The van der Waals surface area contributed by atoms with Gasteiger partial charge in [0.05, 0.1) is 0 Å². The minimum absolute atomic E-state index is 0. The summed E-state index contributed by atoms with van der Waals surface area (Å²) in [5.41, 5.74) is 0. The van der Waals surface area contributed by atoms with Crippen molar-refractivity contribution in [3.8, 4) is 0 Å². The molecule has 0 bridgehead atoms. The Morgan fingerprint density at radius 2 is 1.43 bits per heavy atom. The summed E-state index contributed by atoms with van der Waals surface area (Å²) in [6, 6.07) is 0. The van der Waals surface area contributed by atoms with Crippen LogP contribution in [0.25, 0.3) is 0 Å². The van der Waals surface area contributed by atoms with Gasteiger partial charge in [0.15, 0.2) is 0 Å². The van der Waals surface area contributed by atoms with Gasteiger partial charge in [-0.15, -0.1) is 0 Å². The Labute approximate surface area is 59.4 Å². The van der Waals surface area contributed by atoms with Crippen molar-refractivity contribution in [1.29, 1.82) is 0 Å². The number of rotatable bonds is 2. The third kappa shape index (κ3) is 6.62. The Balaban J connectivity index is 0. The van der Waals surface area contributed by atoms with Crippen molar-refractivity contribution in [3.05, 3.63) is 5.92 Å². The standard InChI is InChI=1S/C6H13.Zn/c1-4-6(3)5-2;/h4-5H2,1-3H3;/q-1;. The van der Waals surface area contributed by atoms with Crippen molar-refractivity contribution in [1.82, 2.24) is 0 Å². The van der Waals surface area contributed by atoms with Gasteiger partial charge in [-0.2, -0.15) is 19.8 Å². The first-order valence-electron chi connectivity index (χ1n) is 2.62. The molecule has 0 aliphatic rings. The largest absolute Gasteiger partial charge is 0.317 e. The van der Waals surface area contributed by atoms with E-state index in [0.717, 1.165) is 0 Å². The van der Waals surface area contributed by atoms with Gasteiger partial charge in [0.1, 0.15) is 0 Å². The van der Waals surface area contributed by atoms with Crippen molar-refractivity contribution in [2.45, 2.75) is 33.6 Å². The van der Waals surface area contributed by atoms with Crippen molar-refractivity contribution in [2.75, 3.05) is 0 Å². The van der Waals surface area contributed by atoms with Crippen molar-refractivity contribution in [2.24, 2.45) is 0 Å². The van der Waals surface area contributed by atoms with Crippen LogP contribution in [0, 0.1) is 5.92 Å². The maximum atomic E-state index is 2.19. The van der Waals surface area contributed by atoms with E-state index in [4.69, 9.17) is 0 Å². The zero-order chi connectivity index (χ0) is 4.99. The molecule has 0 radical (unpaired) electrons. The molecule has 0 aliphatic carbocycles. The molecule has 0 amide bonds. The quantitative estimate of drug-likeness (QED) is 0.419. The van der Waals surface area contributed by atoms with Crippen LogP contribution in [0.1, 0.15) is 33.6 Å². The molecule has 0 saturated carbocycles. The van der Waals surface area contributed by atoms with Gasteiger partial charge in [-0.05, 0) is 0 Å². The third-order valence-electron chi connectivity index (χ3n) is 1.21. The molecule has 0 aromatic rings. The Morgan fingerprint density at radius 3 is 1.43 bits per heavy atom. The molecule has 0 saturated heterocycles. The predicted molar refractivity (Wildman–Crippen MR) is 29.5 cm³/mol. The zero-order valence-electron chi connectivity index (χ0n) is 5.62. The van der Waals surface area contributed by atoms with Crippen LogP contribution in [-0.2, 0) is 19.5 Å². The van der Waals surface area contributed by atoms with Crippen molar-refractivity contribution < 1.29 is 19.5 Å². The van der Waals surface area contributed by atoms with E-state index in [1.165, 1.54) is 12.8 Å². The first kappa shape index (κ1) is 10.6. The predicted octanol–water partition coefficient (Wildman–Crippen LogP) is 2.40. The van der Waals surface area contributed by atoms with Crippen LogP contribution in [-0.4, -0.2) is 0 Å². The average molecular weight is 151 g/mol. The minimum Gasteiger partial charge on any atom is -0.317 e. The Bertz CT molecular complexity index is 23.4. The summed E-state index contributed by atoms with van der Waals surface area (Å²) in [5.74, 6) is 1.59. The second-order valence-corrected chi connectivity index (χ2v) is 1.66.